The Hall–Kier alpha value is -1.92. The molecule has 0 aliphatic rings. The average Bonchev–Trinajstić information content (AvgIpc) is 3.43. The standard InChI is InChI=1S/C71H135NO5/c1-3-5-7-9-11-13-15-16-17-18-35-38-41-45-49-53-57-61-65-71(76)77-66-62-58-54-50-46-42-39-36-33-31-29-27-25-23-21-19-20-22-24-26-28-30-32-34-37-40-44-48-52-56-60-64-70(75)72-68(67-73)69(74)63-59-55-51-47-43-14-12-10-8-6-4-2/h17-18,21,23,59,63,68-69,73-74H,3-16,19-20,22,24-58,60-62,64-67H2,1-2H3,(H,72,75)/b18-17-,23-21-,63-59+. The maximum absolute atomic E-state index is 12.4. The molecule has 0 heterocycles. The molecule has 0 saturated heterocycles. The summed E-state index contributed by atoms with van der Waals surface area (Å²) in [7, 11) is 0. The number of esters is 1. The molecular formula is C71H135NO5. The first kappa shape index (κ1) is 75.1. The van der Waals surface area contributed by atoms with E-state index < -0.39 is 12.1 Å². The average molecular weight is 1080 g/mol. The van der Waals surface area contributed by atoms with Crippen LogP contribution < -0.4 is 5.32 Å². The van der Waals surface area contributed by atoms with E-state index in [1.54, 1.807) is 6.08 Å². The number of hydrogen-bond donors (Lipinski definition) is 3. The predicted octanol–water partition coefficient (Wildman–Crippen LogP) is 22.3. The highest BCUT2D eigenvalue weighted by Crippen LogP contribution is 2.18. The summed E-state index contributed by atoms with van der Waals surface area (Å²) < 4.78 is 5.50. The van der Waals surface area contributed by atoms with E-state index in [0.29, 0.717) is 19.4 Å². The number of amides is 1. The molecule has 0 aliphatic heterocycles. The van der Waals surface area contributed by atoms with Crippen LogP contribution in [0, 0.1) is 0 Å². The molecule has 2 unspecified atom stereocenters. The zero-order chi connectivity index (χ0) is 55.7. The lowest BCUT2D eigenvalue weighted by molar-refractivity contribution is -0.143. The number of carbonyl (C=O) groups excluding carboxylic acids is 2. The minimum Gasteiger partial charge on any atom is -0.466 e. The van der Waals surface area contributed by atoms with Crippen molar-refractivity contribution in [2.24, 2.45) is 0 Å². The Morgan fingerprint density at radius 2 is 0.610 bits per heavy atom. The molecule has 0 radical (unpaired) electrons. The van der Waals surface area contributed by atoms with Gasteiger partial charge in [0.05, 0.1) is 25.4 Å². The Morgan fingerprint density at radius 3 is 0.922 bits per heavy atom. The smallest absolute Gasteiger partial charge is 0.305 e. The number of aliphatic hydroxyl groups is 2. The molecule has 2 atom stereocenters. The van der Waals surface area contributed by atoms with Crippen molar-refractivity contribution in [3.05, 3.63) is 36.5 Å². The highest BCUT2D eigenvalue weighted by Gasteiger charge is 2.18. The van der Waals surface area contributed by atoms with Crippen LogP contribution in [-0.2, 0) is 14.3 Å². The lowest BCUT2D eigenvalue weighted by Gasteiger charge is -2.20. The van der Waals surface area contributed by atoms with Crippen molar-refractivity contribution in [2.45, 2.75) is 392 Å². The van der Waals surface area contributed by atoms with E-state index in [4.69, 9.17) is 4.74 Å². The first-order valence-electron chi connectivity index (χ1n) is 34.8. The molecule has 77 heavy (non-hydrogen) atoms. The van der Waals surface area contributed by atoms with Gasteiger partial charge in [-0.2, -0.15) is 0 Å². The Bertz CT molecular complexity index is 1250. The van der Waals surface area contributed by atoms with E-state index in [1.165, 1.54) is 308 Å². The van der Waals surface area contributed by atoms with Crippen molar-refractivity contribution in [3.63, 3.8) is 0 Å². The van der Waals surface area contributed by atoms with Crippen molar-refractivity contribution in [2.75, 3.05) is 13.2 Å². The number of hydrogen-bond acceptors (Lipinski definition) is 5. The fourth-order valence-electron chi connectivity index (χ4n) is 10.8. The summed E-state index contributed by atoms with van der Waals surface area (Å²) in [5.74, 6) is -0.0513. The number of aliphatic hydroxyl groups excluding tert-OH is 2. The quantitative estimate of drug-likeness (QED) is 0.0320. The van der Waals surface area contributed by atoms with Crippen LogP contribution in [0.1, 0.15) is 380 Å². The van der Waals surface area contributed by atoms with Crippen molar-refractivity contribution in [3.8, 4) is 0 Å². The number of carbonyl (C=O) groups is 2. The topological polar surface area (TPSA) is 95.9 Å². The molecule has 0 aromatic rings. The number of nitrogens with one attached hydrogen (secondary N) is 1. The van der Waals surface area contributed by atoms with Crippen LogP contribution in [0.5, 0.6) is 0 Å². The number of ether oxygens (including phenoxy) is 1. The van der Waals surface area contributed by atoms with Gasteiger partial charge in [0.15, 0.2) is 0 Å². The van der Waals surface area contributed by atoms with Crippen LogP contribution in [0.25, 0.3) is 0 Å². The second-order valence-electron chi connectivity index (χ2n) is 23.9. The van der Waals surface area contributed by atoms with Gasteiger partial charge in [0.1, 0.15) is 0 Å². The lowest BCUT2D eigenvalue weighted by Crippen LogP contribution is -2.45. The maximum Gasteiger partial charge on any atom is 0.305 e. The molecule has 0 saturated carbocycles. The molecule has 1 amide bonds. The SMILES string of the molecule is CCCCCCCCC/C=C\CCCCCCCCCC(=O)OCCCCCCCCCCCCCC/C=C\CCCCCCCCCCCCCCCCCC(=O)NC(CO)C(O)/C=C/CCCCCCCCCCC. The van der Waals surface area contributed by atoms with Gasteiger partial charge in [-0.3, -0.25) is 9.59 Å². The van der Waals surface area contributed by atoms with Crippen LogP contribution in [0.4, 0.5) is 0 Å². The van der Waals surface area contributed by atoms with Gasteiger partial charge in [0.25, 0.3) is 0 Å². The van der Waals surface area contributed by atoms with E-state index in [9.17, 15) is 19.8 Å². The Morgan fingerprint density at radius 1 is 0.351 bits per heavy atom. The highest BCUT2D eigenvalue weighted by atomic mass is 16.5. The minimum atomic E-state index is -0.841. The molecule has 0 spiro atoms. The first-order valence-corrected chi connectivity index (χ1v) is 34.8. The number of unbranched alkanes of at least 4 members (excludes halogenated alkanes) is 50. The van der Waals surface area contributed by atoms with Crippen LogP contribution >= 0.6 is 0 Å². The van der Waals surface area contributed by atoms with Gasteiger partial charge in [-0.15, -0.1) is 0 Å². The van der Waals surface area contributed by atoms with Crippen LogP contribution in [0.2, 0.25) is 0 Å². The second-order valence-corrected chi connectivity index (χ2v) is 23.9. The molecule has 6 heteroatoms. The predicted molar refractivity (Wildman–Crippen MR) is 338 cm³/mol. The Kier molecular flexibility index (Phi) is 64.9. The normalized spacial score (nSPS) is 12.7. The molecular weight excluding hydrogens is 947 g/mol. The van der Waals surface area contributed by atoms with Gasteiger partial charge >= 0.3 is 5.97 Å². The van der Waals surface area contributed by atoms with E-state index in [-0.39, 0.29) is 18.5 Å². The summed E-state index contributed by atoms with van der Waals surface area (Å²) in [6, 6.07) is -0.625. The van der Waals surface area contributed by atoms with Gasteiger partial charge in [-0.1, -0.05) is 320 Å². The third kappa shape index (κ3) is 63.1. The molecule has 3 N–H and O–H groups in total. The zero-order valence-electron chi connectivity index (χ0n) is 52.0. The molecule has 0 rings (SSSR count). The summed E-state index contributed by atoms with van der Waals surface area (Å²) in [6.07, 6.45) is 85.2. The molecule has 454 valence electrons. The largest absolute Gasteiger partial charge is 0.466 e. The molecule has 0 bridgehead atoms. The highest BCUT2D eigenvalue weighted by molar-refractivity contribution is 5.76. The zero-order valence-corrected chi connectivity index (χ0v) is 52.0. The third-order valence-electron chi connectivity index (χ3n) is 16.1. The molecule has 0 aromatic carbocycles. The van der Waals surface area contributed by atoms with E-state index in [0.717, 1.165) is 44.9 Å². The van der Waals surface area contributed by atoms with Crippen molar-refractivity contribution >= 4 is 11.9 Å². The van der Waals surface area contributed by atoms with Gasteiger partial charge < -0.3 is 20.3 Å². The summed E-state index contributed by atoms with van der Waals surface area (Å²) in [4.78, 5) is 24.5. The van der Waals surface area contributed by atoms with Crippen LogP contribution in [0.3, 0.4) is 0 Å². The number of allylic oxidation sites excluding steroid dienone is 5. The van der Waals surface area contributed by atoms with Crippen LogP contribution in [0.15, 0.2) is 36.5 Å². The Balaban J connectivity index is 3.34. The van der Waals surface area contributed by atoms with Gasteiger partial charge in [0.2, 0.25) is 5.91 Å². The van der Waals surface area contributed by atoms with E-state index in [2.05, 4.69) is 43.5 Å². The Labute approximate surface area is 481 Å². The van der Waals surface area contributed by atoms with Crippen LogP contribution in [-0.4, -0.2) is 47.4 Å². The third-order valence-corrected chi connectivity index (χ3v) is 16.1. The van der Waals surface area contributed by atoms with Gasteiger partial charge in [-0.05, 0) is 83.5 Å². The van der Waals surface area contributed by atoms with Gasteiger partial charge in [0, 0.05) is 12.8 Å². The second kappa shape index (κ2) is 66.6. The molecule has 0 aromatic heterocycles. The van der Waals surface area contributed by atoms with Crippen molar-refractivity contribution in [1.29, 1.82) is 0 Å². The lowest BCUT2D eigenvalue weighted by atomic mass is 10.0. The van der Waals surface area contributed by atoms with Crippen molar-refractivity contribution in [1.82, 2.24) is 5.32 Å². The fourth-order valence-corrected chi connectivity index (χ4v) is 10.8. The minimum absolute atomic E-state index is 0.0147. The summed E-state index contributed by atoms with van der Waals surface area (Å²) in [5, 5.41) is 23.0. The van der Waals surface area contributed by atoms with E-state index in [1.807, 2.05) is 6.08 Å². The number of rotatable bonds is 65. The summed E-state index contributed by atoms with van der Waals surface area (Å²) in [6.45, 7) is 4.91. The first-order chi connectivity index (χ1) is 38.0. The maximum atomic E-state index is 12.4. The van der Waals surface area contributed by atoms with E-state index >= 15 is 0 Å². The van der Waals surface area contributed by atoms with Crippen molar-refractivity contribution < 1.29 is 24.5 Å². The monoisotopic (exact) mass is 1080 g/mol. The molecule has 6 nitrogen and oxygen atoms in total. The fraction of sp³-hybridized carbons (Fsp3) is 0.887. The summed E-state index contributed by atoms with van der Waals surface area (Å²) >= 11 is 0. The molecule has 0 fully saturated rings. The molecule has 0 aliphatic carbocycles. The van der Waals surface area contributed by atoms with Gasteiger partial charge in [-0.25, -0.2) is 0 Å². The summed E-state index contributed by atoms with van der Waals surface area (Å²) in [5.41, 5.74) is 0.